The van der Waals surface area contributed by atoms with E-state index in [1.54, 1.807) is 70.7 Å². The maximum atomic E-state index is 13.4. The van der Waals surface area contributed by atoms with Gasteiger partial charge in [-0.25, -0.2) is 9.59 Å². The summed E-state index contributed by atoms with van der Waals surface area (Å²) in [5, 5.41) is 3.51. The summed E-state index contributed by atoms with van der Waals surface area (Å²) in [6.45, 7) is 4.64. The van der Waals surface area contributed by atoms with Gasteiger partial charge < -0.3 is 24.4 Å². The summed E-state index contributed by atoms with van der Waals surface area (Å²) in [5.41, 5.74) is 2.11. The second-order valence-corrected chi connectivity index (χ2v) is 10.0. The molecule has 2 heterocycles. The van der Waals surface area contributed by atoms with Gasteiger partial charge in [-0.3, -0.25) is 14.6 Å². The Morgan fingerprint density at radius 3 is 2.30 bits per heavy atom. The first-order valence-corrected chi connectivity index (χ1v) is 13.6. The maximum absolute atomic E-state index is 13.4. The standard InChI is InChI=1S/C29H35ClN4O6/c1-5-40-28(36)25-24(32(2)29(37)31-26(25)20-15-22(38-3)17-23(16-20)39-4)18-33-11-6-12-34(14-13-33)27(35)19-7-9-21(30)10-8-19/h7-10,15-17,26H,5-6,11-14,18H2,1-4H3,(H,31,37). The summed E-state index contributed by atoms with van der Waals surface area (Å²) in [6.07, 6.45) is 0.744. The van der Waals surface area contributed by atoms with E-state index in [1.165, 1.54) is 4.90 Å². The van der Waals surface area contributed by atoms with Crippen LogP contribution in [0.3, 0.4) is 0 Å². The largest absolute Gasteiger partial charge is 0.497 e. The third kappa shape index (κ3) is 6.51. The van der Waals surface area contributed by atoms with E-state index in [0.29, 0.717) is 71.6 Å². The number of ether oxygens (including phenoxy) is 3. The first kappa shape index (κ1) is 29.2. The second-order valence-electron chi connectivity index (χ2n) is 9.60. The molecule has 0 radical (unpaired) electrons. The fraction of sp³-hybridized carbons (Fsp3) is 0.414. The number of likely N-dealkylation sites (N-methyl/N-ethyl adjacent to an activating group) is 1. The van der Waals surface area contributed by atoms with Crippen molar-refractivity contribution in [3.05, 3.63) is 69.9 Å². The number of urea groups is 1. The number of nitrogens with zero attached hydrogens (tertiary/aromatic N) is 3. The van der Waals surface area contributed by atoms with E-state index in [9.17, 15) is 14.4 Å². The van der Waals surface area contributed by atoms with Crippen molar-refractivity contribution in [3.8, 4) is 11.5 Å². The van der Waals surface area contributed by atoms with Crippen LogP contribution in [-0.4, -0.2) is 93.2 Å². The quantitative estimate of drug-likeness (QED) is 0.483. The first-order chi connectivity index (χ1) is 19.2. The van der Waals surface area contributed by atoms with Crippen molar-refractivity contribution in [1.82, 2.24) is 20.0 Å². The molecule has 2 aromatic rings. The SMILES string of the molecule is CCOC(=O)C1=C(CN2CCCN(C(=O)c3ccc(Cl)cc3)CC2)N(C)C(=O)NC1c1cc(OC)cc(OC)c1. The fourth-order valence-electron chi connectivity index (χ4n) is 4.96. The van der Waals surface area contributed by atoms with Crippen molar-refractivity contribution >= 4 is 29.5 Å². The number of carbonyl (C=O) groups excluding carboxylic acids is 3. The van der Waals surface area contributed by atoms with Crippen molar-refractivity contribution in [2.24, 2.45) is 0 Å². The number of hydrogen-bond donors (Lipinski definition) is 1. The Kier molecular flexibility index (Phi) is 9.54. The highest BCUT2D eigenvalue weighted by molar-refractivity contribution is 6.30. The molecule has 1 N–H and O–H groups in total. The summed E-state index contributed by atoms with van der Waals surface area (Å²) in [5.74, 6) is 0.507. The number of nitrogens with one attached hydrogen (secondary N) is 1. The van der Waals surface area contributed by atoms with Crippen LogP contribution in [-0.2, 0) is 9.53 Å². The molecule has 0 aromatic heterocycles. The number of carbonyl (C=O) groups is 3. The Morgan fingerprint density at radius 1 is 1.00 bits per heavy atom. The van der Waals surface area contributed by atoms with Gasteiger partial charge in [-0.2, -0.15) is 0 Å². The summed E-state index contributed by atoms with van der Waals surface area (Å²) >= 11 is 5.98. The molecule has 0 spiro atoms. The summed E-state index contributed by atoms with van der Waals surface area (Å²) in [4.78, 5) is 45.1. The molecule has 2 aliphatic heterocycles. The lowest BCUT2D eigenvalue weighted by molar-refractivity contribution is -0.139. The molecular weight excluding hydrogens is 536 g/mol. The topological polar surface area (TPSA) is 101 Å². The van der Waals surface area contributed by atoms with Crippen molar-refractivity contribution in [3.63, 3.8) is 0 Å². The molecule has 1 fully saturated rings. The molecule has 1 saturated heterocycles. The molecule has 40 heavy (non-hydrogen) atoms. The van der Waals surface area contributed by atoms with E-state index in [2.05, 4.69) is 10.2 Å². The minimum atomic E-state index is -0.767. The summed E-state index contributed by atoms with van der Waals surface area (Å²) < 4.78 is 16.3. The van der Waals surface area contributed by atoms with Crippen molar-refractivity contribution in [2.75, 3.05) is 60.6 Å². The molecule has 2 aliphatic rings. The third-order valence-electron chi connectivity index (χ3n) is 7.12. The highest BCUT2D eigenvalue weighted by Gasteiger charge is 2.38. The van der Waals surface area contributed by atoms with Crippen molar-refractivity contribution in [1.29, 1.82) is 0 Å². The normalized spacial score (nSPS) is 18.2. The molecule has 214 valence electrons. The van der Waals surface area contributed by atoms with Gasteiger partial charge in [0.15, 0.2) is 0 Å². The number of halogens is 1. The van der Waals surface area contributed by atoms with Gasteiger partial charge in [-0.05, 0) is 55.3 Å². The van der Waals surface area contributed by atoms with E-state index >= 15 is 0 Å². The summed E-state index contributed by atoms with van der Waals surface area (Å²) in [6, 6.07) is 11.0. The monoisotopic (exact) mass is 570 g/mol. The molecule has 4 rings (SSSR count). The molecule has 3 amide bonds. The van der Waals surface area contributed by atoms with Crippen LogP contribution in [0, 0.1) is 0 Å². The van der Waals surface area contributed by atoms with Gasteiger partial charge in [0.2, 0.25) is 0 Å². The lowest BCUT2D eigenvalue weighted by atomic mass is 9.94. The first-order valence-electron chi connectivity index (χ1n) is 13.2. The van der Waals surface area contributed by atoms with E-state index in [0.717, 1.165) is 6.42 Å². The fourth-order valence-corrected chi connectivity index (χ4v) is 5.09. The molecule has 0 saturated carbocycles. The Bertz CT molecular complexity index is 1260. The second kappa shape index (κ2) is 13.1. The zero-order valence-corrected chi connectivity index (χ0v) is 24.0. The van der Waals surface area contributed by atoms with Crippen LogP contribution in [0.1, 0.15) is 35.3 Å². The minimum Gasteiger partial charge on any atom is -0.497 e. The average Bonchev–Trinajstić information content (AvgIpc) is 3.20. The minimum absolute atomic E-state index is 0.0499. The Morgan fingerprint density at radius 2 is 1.68 bits per heavy atom. The van der Waals surface area contributed by atoms with Crippen LogP contribution in [0.4, 0.5) is 4.79 Å². The van der Waals surface area contributed by atoms with Gasteiger partial charge >= 0.3 is 12.0 Å². The zero-order chi connectivity index (χ0) is 28.8. The van der Waals surface area contributed by atoms with Crippen LogP contribution in [0.25, 0.3) is 0 Å². The highest BCUT2D eigenvalue weighted by atomic mass is 35.5. The molecule has 11 heteroatoms. The van der Waals surface area contributed by atoms with E-state index < -0.39 is 12.0 Å². The van der Waals surface area contributed by atoms with Crippen LogP contribution in [0.5, 0.6) is 11.5 Å². The van der Waals surface area contributed by atoms with Crippen LogP contribution in [0.15, 0.2) is 53.7 Å². The molecule has 1 unspecified atom stereocenters. The van der Waals surface area contributed by atoms with Gasteiger partial charge in [-0.15, -0.1) is 0 Å². The van der Waals surface area contributed by atoms with Crippen LogP contribution < -0.4 is 14.8 Å². The number of rotatable bonds is 8. The number of amides is 3. The average molecular weight is 571 g/mol. The number of benzene rings is 2. The third-order valence-corrected chi connectivity index (χ3v) is 7.37. The number of esters is 1. The zero-order valence-electron chi connectivity index (χ0n) is 23.2. The van der Waals surface area contributed by atoms with E-state index in [4.69, 9.17) is 25.8 Å². The smallest absolute Gasteiger partial charge is 0.338 e. The van der Waals surface area contributed by atoms with Crippen LogP contribution in [0.2, 0.25) is 5.02 Å². The lowest BCUT2D eigenvalue weighted by Gasteiger charge is -2.36. The van der Waals surface area contributed by atoms with Gasteiger partial charge in [0, 0.05) is 62.1 Å². The van der Waals surface area contributed by atoms with E-state index in [1.807, 2.05) is 4.90 Å². The molecule has 0 bridgehead atoms. The van der Waals surface area contributed by atoms with Crippen LogP contribution >= 0.6 is 11.6 Å². The van der Waals surface area contributed by atoms with Gasteiger partial charge in [0.1, 0.15) is 11.5 Å². The predicted octanol–water partition coefficient (Wildman–Crippen LogP) is 3.72. The molecule has 10 nitrogen and oxygen atoms in total. The Hall–Kier alpha value is -3.76. The molecule has 0 aliphatic carbocycles. The van der Waals surface area contributed by atoms with Gasteiger partial charge in [0.05, 0.1) is 32.4 Å². The number of methoxy groups -OCH3 is 2. The van der Waals surface area contributed by atoms with Crippen molar-refractivity contribution in [2.45, 2.75) is 19.4 Å². The maximum Gasteiger partial charge on any atom is 0.338 e. The Balaban J connectivity index is 1.63. The number of hydrogen-bond acceptors (Lipinski definition) is 7. The van der Waals surface area contributed by atoms with Crippen molar-refractivity contribution < 1.29 is 28.6 Å². The predicted molar refractivity (Wildman–Crippen MR) is 151 cm³/mol. The highest BCUT2D eigenvalue weighted by Crippen LogP contribution is 2.35. The lowest BCUT2D eigenvalue weighted by Crippen LogP contribution is -2.49. The van der Waals surface area contributed by atoms with Gasteiger partial charge in [0.25, 0.3) is 5.91 Å². The Labute approximate surface area is 239 Å². The molecule has 1 atom stereocenters. The molecule has 2 aromatic carbocycles. The summed E-state index contributed by atoms with van der Waals surface area (Å²) in [7, 11) is 4.72. The molecular formula is C29H35ClN4O6. The van der Waals surface area contributed by atoms with E-state index in [-0.39, 0.29) is 18.5 Å². The van der Waals surface area contributed by atoms with Gasteiger partial charge in [-0.1, -0.05) is 11.6 Å².